The van der Waals surface area contributed by atoms with E-state index in [-0.39, 0.29) is 24.0 Å². The third-order valence-electron chi connectivity index (χ3n) is 4.54. The number of para-hydroxylation sites is 2. The molecule has 1 saturated heterocycles. The molecule has 2 heterocycles. The van der Waals surface area contributed by atoms with Gasteiger partial charge in [0.25, 0.3) is 0 Å². The lowest BCUT2D eigenvalue weighted by atomic mass is 10.2. The molecule has 1 aromatic heterocycles. The Morgan fingerprint density at radius 3 is 2.56 bits per heavy atom. The summed E-state index contributed by atoms with van der Waals surface area (Å²) in [5, 5.41) is 3.08. The van der Waals surface area contributed by atoms with E-state index >= 15 is 0 Å². The van der Waals surface area contributed by atoms with Gasteiger partial charge in [-0.25, -0.2) is 9.98 Å². The number of nitrogens with one attached hydrogen (secondary N) is 1. The van der Waals surface area contributed by atoms with Crippen molar-refractivity contribution in [3.05, 3.63) is 48.2 Å². The lowest BCUT2D eigenvalue weighted by Gasteiger charge is -2.21. The van der Waals surface area contributed by atoms with Gasteiger partial charge in [-0.1, -0.05) is 31.0 Å². The number of aliphatic imine (C=N–C) groups is 1. The lowest BCUT2D eigenvalue weighted by Crippen LogP contribution is -2.24. The molecule has 27 heavy (non-hydrogen) atoms. The van der Waals surface area contributed by atoms with Gasteiger partial charge < -0.3 is 20.7 Å². The van der Waals surface area contributed by atoms with Crippen LogP contribution >= 0.6 is 24.0 Å². The molecule has 1 aliphatic rings. The highest BCUT2D eigenvalue weighted by Crippen LogP contribution is 2.22. The predicted molar refractivity (Wildman–Crippen MR) is 122 cm³/mol. The monoisotopic (exact) mass is 481 g/mol. The van der Waals surface area contributed by atoms with Crippen LogP contribution in [0.3, 0.4) is 0 Å². The molecule has 0 spiro atoms. The van der Waals surface area contributed by atoms with Crippen LogP contribution in [0.1, 0.15) is 31.2 Å². The van der Waals surface area contributed by atoms with Gasteiger partial charge in [0.2, 0.25) is 0 Å². The number of rotatable bonds is 5. The maximum absolute atomic E-state index is 6.00. The first-order chi connectivity index (χ1) is 12.8. The molecule has 2 aromatic rings. The summed E-state index contributed by atoms with van der Waals surface area (Å²) in [6.07, 6.45) is 7.03. The van der Waals surface area contributed by atoms with E-state index in [1.807, 2.05) is 30.5 Å². The average molecular weight is 481 g/mol. The first-order valence-electron chi connectivity index (χ1n) is 9.16. The van der Waals surface area contributed by atoms with Crippen LogP contribution in [0.2, 0.25) is 0 Å². The Morgan fingerprint density at radius 2 is 1.89 bits per heavy atom. The Hall–Kier alpha value is -2.03. The number of benzene rings is 1. The number of nitrogens with zero attached hydrogens (tertiary/aromatic N) is 3. The van der Waals surface area contributed by atoms with E-state index in [4.69, 9.17) is 10.5 Å². The normalized spacial score (nSPS) is 14.9. The molecule has 146 valence electrons. The second-order valence-corrected chi connectivity index (χ2v) is 6.45. The van der Waals surface area contributed by atoms with Crippen molar-refractivity contribution >= 4 is 41.4 Å². The van der Waals surface area contributed by atoms with Crippen LogP contribution in [0, 0.1) is 0 Å². The summed E-state index contributed by atoms with van der Waals surface area (Å²) in [7, 11) is 1.63. The molecular weight excluding hydrogens is 453 g/mol. The molecule has 3 rings (SSSR count). The maximum atomic E-state index is 6.00. The fourth-order valence-electron chi connectivity index (χ4n) is 3.10. The quantitative estimate of drug-likeness (QED) is 0.384. The molecule has 0 saturated carbocycles. The molecule has 6 nitrogen and oxygen atoms in total. The van der Waals surface area contributed by atoms with E-state index in [0.29, 0.717) is 12.5 Å². The van der Waals surface area contributed by atoms with Gasteiger partial charge in [0.05, 0.1) is 19.3 Å². The molecule has 0 unspecified atom stereocenters. The smallest absolute Gasteiger partial charge is 0.193 e. The number of pyridine rings is 1. The van der Waals surface area contributed by atoms with Crippen LogP contribution in [-0.2, 0) is 6.54 Å². The number of guanidine groups is 1. The molecule has 0 radical (unpaired) electrons. The Morgan fingerprint density at radius 1 is 1.15 bits per heavy atom. The summed E-state index contributed by atoms with van der Waals surface area (Å²) in [4.78, 5) is 11.4. The minimum absolute atomic E-state index is 0. The van der Waals surface area contributed by atoms with Crippen LogP contribution in [0.15, 0.2) is 47.6 Å². The zero-order valence-electron chi connectivity index (χ0n) is 15.7. The van der Waals surface area contributed by atoms with Gasteiger partial charge >= 0.3 is 0 Å². The standard InChI is InChI=1S/C20H27N5O.HI/c1-26-18-9-5-4-8-17(18)24-20(21)23-15-16-10-11-19(22-14-16)25-12-6-2-3-7-13-25;/h4-5,8-11,14H,2-3,6-7,12-13,15H2,1H3,(H3,21,23,24);1H. The van der Waals surface area contributed by atoms with E-state index in [1.54, 1.807) is 7.11 Å². The van der Waals surface area contributed by atoms with Crippen molar-refractivity contribution in [1.29, 1.82) is 0 Å². The second kappa shape index (κ2) is 11.0. The summed E-state index contributed by atoms with van der Waals surface area (Å²) >= 11 is 0. The summed E-state index contributed by atoms with van der Waals surface area (Å²) < 4.78 is 5.30. The first kappa shape index (κ1) is 21.3. The van der Waals surface area contributed by atoms with Gasteiger partial charge in [-0.3, -0.25) is 0 Å². The van der Waals surface area contributed by atoms with Crippen molar-refractivity contribution in [3.63, 3.8) is 0 Å². The lowest BCUT2D eigenvalue weighted by molar-refractivity contribution is 0.417. The number of methoxy groups -OCH3 is 1. The number of hydrogen-bond acceptors (Lipinski definition) is 4. The Balaban J connectivity index is 0.00000261. The zero-order chi connectivity index (χ0) is 18.2. The fraction of sp³-hybridized carbons (Fsp3) is 0.400. The molecule has 0 atom stereocenters. The van der Waals surface area contributed by atoms with E-state index < -0.39 is 0 Å². The summed E-state index contributed by atoms with van der Waals surface area (Å²) in [5.41, 5.74) is 7.83. The van der Waals surface area contributed by atoms with Crippen molar-refractivity contribution in [2.45, 2.75) is 32.2 Å². The van der Waals surface area contributed by atoms with Gasteiger partial charge in [-0.05, 0) is 36.6 Å². The Bertz CT molecular complexity index is 727. The van der Waals surface area contributed by atoms with Crippen LogP contribution < -0.4 is 20.7 Å². The highest BCUT2D eigenvalue weighted by atomic mass is 127. The molecule has 0 bridgehead atoms. The number of hydrogen-bond donors (Lipinski definition) is 2. The molecule has 0 aliphatic carbocycles. The number of aromatic nitrogens is 1. The van der Waals surface area contributed by atoms with Crippen LogP contribution in [0.25, 0.3) is 0 Å². The van der Waals surface area contributed by atoms with Crippen LogP contribution in [0.4, 0.5) is 11.5 Å². The SMILES string of the molecule is COc1ccccc1NC(N)=NCc1ccc(N2CCCCCC2)nc1.I. The summed E-state index contributed by atoms with van der Waals surface area (Å²) in [5.74, 6) is 2.14. The van der Waals surface area contributed by atoms with Gasteiger partial charge in [0, 0.05) is 19.3 Å². The molecular formula is C20H28IN5O. The molecule has 3 N–H and O–H groups in total. The van der Waals surface area contributed by atoms with Gasteiger partial charge in [-0.2, -0.15) is 0 Å². The highest BCUT2D eigenvalue weighted by Gasteiger charge is 2.10. The number of halogens is 1. The van der Waals surface area contributed by atoms with Gasteiger partial charge in [0.15, 0.2) is 5.96 Å². The van der Waals surface area contributed by atoms with E-state index in [0.717, 1.165) is 35.9 Å². The van der Waals surface area contributed by atoms with Crippen molar-refractivity contribution < 1.29 is 4.74 Å². The Kier molecular flexibility index (Phi) is 8.63. The molecule has 7 heteroatoms. The average Bonchev–Trinajstić information content (AvgIpc) is 2.97. The minimum Gasteiger partial charge on any atom is -0.495 e. The predicted octanol–water partition coefficient (Wildman–Crippen LogP) is 4.02. The van der Waals surface area contributed by atoms with Crippen LogP contribution in [0.5, 0.6) is 5.75 Å². The number of ether oxygens (including phenoxy) is 1. The largest absolute Gasteiger partial charge is 0.495 e. The third kappa shape index (κ3) is 6.27. The molecule has 1 fully saturated rings. The summed E-state index contributed by atoms with van der Waals surface area (Å²) in [6, 6.07) is 11.8. The fourth-order valence-corrected chi connectivity index (χ4v) is 3.10. The Labute approximate surface area is 178 Å². The van der Waals surface area contributed by atoms with Crippen LogP contribution in [-0.4, -0.2) is 31.1 Å². The molecule has 0 amide bonds. The summed E-state index contributed by atoms with van der Waals surface area (Å²) in [6.45, 7) is 2.68. The number of nitrogens with two attached hydrogens (primary N) is 1. The van der Waals surface area contributed by atoms with E-state index in [9.17, 15) is 0 Å². The van der Waals surface area contributed by atoms with E-state index in [1.165, 1.54) is 25.7 Å². The maximum Gasteiger partial charge on any atom is 0.193 e. The van der Waals surface area contributed by atoms with Gasteiger partial charge in [-0.15, -0.1) is 24.0 Å². The third-order valence-corrected chi connectivity index (χ3v) is 4.54. The van der Waals surface area contributed by atoms with E-state index in [2.05, 4.69) is 32.3 Å². The highest BCUT2D eigenvalue weighted by molar-refractivity contribution is 14.0. The topological polar surface area (TPSA) is 75.8 Å². The zero-order valence-corrected chi connectivity index (χ0v) is 18.1. The van der Waals surface area contributed by atoms with Crippen molar-refractivity contribution in [3.8, 4) is 5.75 Å². The first-order valence-corrected chi connectivity index (χ1v) is 9.16. The van der Waals surface area contributed by atoms with Gasteiger partial charge in [0.1, 0.15) is 11.6 Å². The number of anilines is 2. The van der Waals surface area contributed by atoms with Crippen molar-refractivity contribution in [2.24, 2.45) is 10.7 Å². The van der Waals surface area contributed by atoms with Crippen molar-refractivity contribution in [1.82, 2.24) is 4.98 Å². The van der Waals surface area contributed by atoms with Crippen molar-refractivity contribution in [2.75, 3.05) is 30.4 Å². The second-order valence-electron chi connectivity index (χ2n) is 6.45. The molecule has 1 aromatic carbocycles. The minimum atomic E-state index is 0. The molecule has 1 aliphatic heterocycles.